The number of phenols is 2. The number of rotatable bonds is 3. The molecule has 0 bridgehead atoms. The van der Waals surface area contributed by atoms with E-state index < -0.39 is 0 Å². The zero-order valence-corrected chi connectivity index (χ0v) is 12.0. The van der Waals surface area contributed by atoms with Crippen LogP contribution in [-0.2, 0) is 0 Å². The van der Waals surface area contributed by atoms with E-state index in [-0.39, 0.29) is 42.3 Å². The summed E-state index contributed by atoms with van der Waals surface area (Å²) in [4.78, 5) is 0. The van der Waals surface area contributed by atoms with Crippen molar-refractivity contribution in [1.29, 1.82) is 0 Å². The molecule has 110 valence electrons. The highest BCUT2D eigenvalue weighted by molar-refractivity contribution is 5.86. The van der Waals surface area contributed by atoms with Crippen LogP contribution in [0.25, 0.3) is 0 Å². The fourth-order valence-electron chi connectivity index (χ4n) is 1.41. The van der Waals surface area contributed by atoms with E-state index in [0.717, 1.165) is 0 Å². The standard InChI is InChI=1S/C10H12N6O2.2ClH/c1-6-2-7(17)3-9(18)8(6)4-12-14-10-15-13-5-16(10)11;;/h2-5,17-18H,11H2,1H3,(H,14,15);2*1H/b12-4+;;. The molecule has 2 rings (SSSR count). The van der Waals surface area contributed by atoms with E-state index in [9.17, 15) is 10.2 Å². The lowest BCUT2D eigenvalue weighted by atomic mass is 10.1. The van der Waals surface area contributed by atoms with E-state index in [2.05, 4.69) is 20.7 Å². The van der Waals surface area contributed by atoms with Crippen molar-refractivity contribution in [3.63, 3.8) is 0 Å². The predicted octanol–water partition coefficient (Wildman–Crippen LogP) is 1.00. The number of hydrogen-bond acceptors (Lipinski definition) is 7. The highest BCUT2D eigenvalue weighted by Gasteiger charge is 2.05. The molecule has 0 aliphatic carbocycles. The van der Waals surface area contributed by atoms with Gasteiger partial charge in [-0.25, -0.2) is 10.1 Å². The molecule has 20 heavy (non-hydrogen) atoms. The summed E-state index contributed by atoms with van der Waals surface area (Å²) in [5.41, 5.74) is 3.75. The van der Waals surface area contributed by atoms with Crippen LogP contribution in [-0.4, -0.2) is 31.3 Å². The summed E-state index contributed by atoms with van der Waals surface area (Å²) < 4.78 is 1.17. The first-order valence-corrected chi connectivity index (χ1v) is 5.04. The van der Waals surface area contributed by atoms with Crippen molar-refractivity contribution in [3.8, 4) is 11.5 Å². The topological polar surface area (TPSA) is 122 Å². The Bertz CT molecular complexity index is 578. The van der Waals surface area contributed by atoms with E-state index in [1.807, 2.05) is 0 Å². The number of anilines is 1. The molecule has 1 aromatic carbocycles. The Morgan fingerprint density at radius 3 is 2.60 bits per heavy atom. The number of hydrazone groups is 1. The molecule has 0 atom stereocenters. The molecule has 0 radical (unpaired) electrons. The molecule has 5 N–H and O–H groups in total. The molecular weight excluding hydrogens is 307 g/mol. The third kappa shape index (κ3) is 3.90. The van der Waals surface area contributed by atoms with Crippen LogP contribution in [0.4, 0.5) is 5.95 Å². The monoisotopic (exact) mass is 320 g/mol. The first kappa shape index (κ1) is 17.8. The van der Waals surface area contributed by atoms with Gasteiger partial charge in [-0.05, 0) is 18.6 Å². The van der Waals surface area contributed by atoms with Gasteiger partial charge in [-0.2, -0.15) is 5.10 Å². The number of halogens is 2. The minimum atomic E-state index is -0.0627. The van der Waals surface area contributed by atoms with Crippen molar-refractivity contribution in [2.24, 2.45) is 5.10 Å². The Morgan fingerprint density at radius 2 is 2.05 bits per heavy atom. The van der Waals surface area contributed by atoms with E-state index >= 15 is 0 Å². The van der Waals surface area contributed by atoms with E-state index in [1.165, 1.54) is 29.4 Å². The van der Waals surface area contributed by atoms with Gasteiger partial charge in [0.15, 0.2) is 0 Å². The van der Waals surface area contributed by atoms with E-state index in [0.29, 0.717) is 11.1 Å². The summed E-state index contributed by atoms with van der Waals surface area (Å²) in [6, 6.07) is 2.76. The van der Waals surface area contributed by atoms with Gasteiger partial charge in [-0.1, -0.05) is 0 Å². The summed E-state index contributed by atoms with van der Waals surface area (Å²) in [7, 11) is 0. The second kappa shape index (κ2) is 7.41. The number of aromatic hydroxyl groups is 2. The number of hydrogen-bond donors (Lipinski definition) is 4. The van der Waals surface area contributed by atoms with Gasteiger partial charge < -0.3 is 16.1 Å². The maximum absolute atomic E-state index is 9.65. The summed E-state index contributed by atoms with van der Waals surface area (Å²) >= 11 is 0. The van der Waals surface area contributed by atoms with Crippen LogP contribution in [0.2, 0.25) is 0 Å². The third-order valence-corrected chi connectivity index (χ3v) is 2.28. The molecule has 0 amide bonds. The number of nitrogens with one attached hydrogen (secondary N) is 1. The number of aryl methyl sites for hydroxylation is 1. The summed E-state index contributed by atoms with van der Waals surface area (Å²) in [5.74, 6) is 5.67. The van der Waals surface area contributed by atoms with Crippen molar-refractivity contribution in [3.05, 3.63) is 29.6 Å². The molecule has 0 aliphatic rings. The molecule has 0 saturated carbocycles. The normalized spacial score (nSPS) is 9.85. The minimum absolute atomic E-state index is 0. The largest absolute Gasteiger partial charge is 0.508 e. The average molecular weight is 321 g/mol. The van der Waals surface area contributed by atoms with Gasteiger partial charge in [0.25, 0.3) is 5.95 Å². The van der Waals surface area contributed by atoms with E-state index in [4.69, 9.17) is 5.84 Å². The summed E-state index contributed by atoms with van der Waals surface area (Å²) in [5, 5.41) is 30.0. The molecule has 2 aromatic rings. The Kier molecular flexibility index (Phi) is 6.60. The van der Waals surface area contributed by atoms with E-state index in [1.54, 1.807) is 6.92 Å². The quantitative estimate of drug-likeness (QED) is 0.380. The van der Waals surface area contributed by atoms with Gasteiger partial charge >= 0.3 is 0 Å². The van der Waals surface area contributed by atoms with Gasteiger partial charge in [0.05, 0.1) is 6.21 Å². The molecule has 0 aliphatic heterocycles. The van der Waals surface area contributed by atoms with Crippen LogP contribution in [0.5, 0.6) is 11.5 Å². The molecule has 10 heteroatoms. The van der Waals surface area contributed by atoms with Gasteiger partial charge in [0, 0.05) is 11.6 Å². The fraction of sp³-hybridized carbons (Fsp3) is 0.100. The van der Waals surface area contributed by atoms with Crippen LogP contribution in [0, 0.1) is 6.92 Å². The smallest absolute Gasteiger partial charge is 0.263 e. The van der Waals surface area contributed by atoms with Crippen LogP contribution >= 0.6 is 24.8 Å². The lowest BCUT2D eigenvalue weighted by molar-refractivity contribution is 0.449. The number of nitrogens with two attached hydrogens (primary N) is 1. The fourth-order valence-corrected chi connectivity index (χ4v) is 1.41. The van der Waals surface area contributed by atoms with Crippen LogP contribution in [0.15, 0.2) is 23.6 Å². The Balaban J connectivity index is 0.00000180. The lowest BCUT2D eigenvalue weighted by Crippen LogP contribution is -2.10. The molecule has 1 aromatic heterocycles. The SMILES string of the molecule is Cc1cc(O)cc(O)c1/C=N/Nc1nncn1N.Cl.Cl. The van der Waals surface area contributed by atoms with Gasteiger partial charge in [-0.3, -0.25) is 0 Å². The maximum Gasteiger partial charge on any atom is 0.263 e. The van der Waals surface area contributed by atoms with Crippen LogP contribution in [0.3, 0.4) is 0 Å². The highest BCUT2D eigenvalue weighted by Crippen LogP contribution is 2.25. The molecule has 8 nitrogen and oxygen atoms in total. The second-order valence-electron chi connectivity index (χ2n) is 3.63. The first-order valence-electron chi connectivity index (χ1n) is 5.04. The minimum Gasteiger partial charge on any atom is -0.508 e. The Morgan fingerprint density at radius 1 is 1.35 bits per heavy atom. The zero-order chi connectivity index (χ0) is 13.1. The number of phenolic OH excluding ortho intramolecular Hbond substituents is 2. The number of aromatic nitrogens is 3. The number of nitrogen functional groups attached to an aromatic ring is 1. The number of nitrogens with zero attached hydrogens (tertiary/aromatic N) is 4. The maximum atomic E-state index is 9.65. The van der Waals surface area contributed by atoms with Crippen molar-refractivity contribution >= 4 is 37.0 Å². The number of benzene rings is 1. The Labute approximate surface area is 127 Å². The average Bonchev–Trinajstić information content (AvgIpc) is 2.68. The molecule has 0 saturated heterocycles. The second-order valence-corrected chi connectivity index (χ2v) is 3.63. The van der Waals surface area contributed by atoms with Gasteiger partial charge in [0.2, 0.25) is 0 Å². The highest BCUT2D eigenvalue weighted by atomic mass is 35.5. The first-order chi connectivity index (χ1) is 8.58. The van der Waals surface area contributed by atoms with Crippen molar-refractivity contribution < 1.29 is 10.2 Å². The van der Waals surface area contributed by atoms with Crippen molar-refractivity contribution in [1.82, 2.24) is 14.9 Å². The Hall–Kier alpha value is -2.19. The lowest BCUT2D eigenvalue weighted by Gasteiger charge is -2.04. The van der Waals surface area contributed by atoms with Crippen LogP contribution in [0.1, 0.15) is 11.1 Å². The zero-order valence-electron chi connectivity index (χ0n) is 10.4. The van der Waals surface area contributed by atoms with Crippen molar-refractivity contribution in [2.45, 2.75) is 6.92 Å². The predicted molar refractivity (Wildman–Crippen MR) is 80.4 cm³/mol. The molecule has 0 unspecified atom stereocenters. The van der Waals surface area contributed by atoms with Gasteiger partial charge in [0.1, 0.15) is 17.8 Å². The molecule has 1 heterocycles. The molecular formula is C10H14Cl2N6O2. The van der Waals surface area contributed by atoms with Crippen molar-refractivity contribution in [2.75, 3.05) is 11.3 Å². The molecule has 0 fully saturated rings. The summed E-state index contributed by atoms with van der Waals surface area (Å²) in [6.07, 6.45) is 2.72. The van der Waals surface area contributed by atoms with Crippen LogP contribution < -0.4 is 11.3 Å². The summed E-state index contributed by atoms with van der Waals surface area (Å²) in [6.45, 7) is 1.74. The van der Waals surface area contributed by atoms with Gasteiger partial charge in [-0.15, -0.1) is 35.0 Å². The third-order valence-electron chi connectivity index (χ3n) is 2.28. The molecule has 0 spiro atoms.